The molecule has 15 heavy (non-hydrogen) atoms. The van der Waals surface area contributed by atoms with Crippen LogP contribution < -0.4 is 5.32 Å². The van der Waals surface area contributed by atoms with Gasteiger partial charge in [0.25, 0.3) is 5.91 Å². The first kappa shape index (κ1) is 11.9. The van der Waals surface area contributed by atoms with Crippen molar-refractivity contribution < 1.29 is 4.79 Å². The highest BCUT2D eigenvalue weighted by Crippen LogP contribution is 2.15. The molecule has 0 aromatic carbocycles. The Kier molecular flexibility index (Phi) is 4.03. The molecular formula is C11H16N2OS. The van der Waals surface area contributed by atoms with E-state index in [1.807, 2.05) is 12.3 Å². The molecule has 0 aliphatic carbocycles. The molecule has 0 aliphatic heterocycles. The van der Waals surface area contributed by atoms with Crippen LogP contribution in [0, 0.1) is 5.92 Å². The average Bonchev–Trinajstić information content (AvgIpc) is 2.62. The predicted octanol–water partition coefficient (Wildman–Crippen LogP) is 2.56. The summed E-state index contributed by atoms with van der Waals surface area (Å²) in [6.07, 6.45) is 0. The zero-order valence-corrected chi connectivity index (χ0v) is 10.1. The molecule has 0 aliphatic rings. The zero-order valence-electron chi connectivity index (χ0n) is 9.33. The van der Waals surface area contributed by atoms with Crippen molar-refractivity contribution in [1.82, 2.24) is 10.3 Å². The molecule has 1 amide bonds. The first-order valence-electron chi connectivity index (χ1n) is 4.90. The van der Waals surface area contributed by atoms with Crippen LogP contribution >= 0.6 is 11.3 Å². The van der Waals surface area contributed by atoms with Crippen molar-refractivity contribution in [3.8, 4) is 0 Å². The van der Waals surface area contributed by atoms with Crippen molar-refractivity contribution in [3.63, 3.8) is 0 Å². The minimum atomic E-state index is -0.0961. The summed E-state index contributed by atoms with van der Waals surface area (Å²) in [6.45, 7) is 10.5. The van der Waals surface area contributed by atoms with Crippen molar-refractivity contribution in [2.24, 2.45) is 5.92 Å². The number of hydrogen-bond acceptors (Lipinski definition) is 3. The molecule has 0 unspecified atom stereocenters. The Bertz CT molecular complexity index is 368. The molecule has 1 heterocycles. The lowest BCUT2D eigenvalue weighted by Gasteiger charge is -2.04. The van der Waals surface area contributed by atoms with E-state index in [1.54, 1.807) is 0 Å². The van der Waals surface area contributed by atoms with Crippen molar-refractivity contribution in [2.45, 2.75) is 20.8 Å². The third-order valence-corrected chi connectivity index (χ3v) is 2.65. The Morgan fingerprint density at radius 3 is 2.80 bits per heavy atom. The molecule has 0 bridgehead atoms. The summed E-state index contributed by atoms with van der Waals surface area (Å²) in [5, 5.41) is 5.19. The van der Waals surface area contributed by atoms with Crippen LogP contribution in [0.15, 0.2) is 12.0 Å². The van der Waals surface area contributed by atoms with Crippen LogP contribution in [-0.4, -0.2) is 17.4 Å². The van der Waals surface area contributed by atoms with Crippen molar-refractivity contribution in [2.75, 3.05) is 6.54 Å². The van der Waals surface area contributed by atoms with Crippen molar-refractivity contribution in [3.05, 3.63) is 22.7 Å². The number of hydrogen-bond donors (Lipinski definition) is 1. The van der Waals surface area contributed by atoms with Gasteiger partial charge in [-0.3, -0.25) is 4.79 Å². The van der Waals surface area contributed by atoms with Gasteiger partial charge < -0.3 is 5.32 Å². The largest absolute Gasteiger partial charge is 0.350 e. The summed E-state index contributed by atoms with van der Waals surface area (Å²) >= 11 is 1.35. The fraction of sp³-hybridized carbons (Fsp3) is 0.455. The predicted molar refractivity (Wildman–Crippen MR) is 64.0 cm³/mol. The highest BCUT2D eigenvalue weighted by molar-refractivity contribution is 7.11. The van der Waals surface area contributed by atoms with E-state index in [0.29, 0.717) is 17.5 Å². The Labute approximate surface area is 94.2 Å². The first-order chi connectivity index (χ1) is 7.00. The van der Waals surface area contributed by atoms with Gasteiger partial charge in [-0.15, -0.1) is 11.3 Å². The Hall–Kier alpha value is -1.16. The molecule has 82 valence electrons. The smallest absolute Gasteiger partial charge is 0.280 e. The lowest BCUT2D eigenvalue weighted by Crippen LogP contribution is -2.27. The van der Waals surface area contributed by atoms with Crippen LogP contribution in [0.1, 0.15) is 36.3 Å². The number of carbonyl (C=O) groups is 1. The lowest BCUT2D eigenvalue weighted by atomic mass is 10.2. The van der Waals surface area contributed by atoms with Gasteiger partial charge in [0.15, 0.2) is 5.01 Å². The summed E-state index contributed by atoms with van der Waals surface area (Å²) in [7, 11) is 0. The van der Waals surface area contributed by atoms with Crippen LogP contribution in [-0.2, 0) is 0 Å². The highest BCUT2D eigenvalue weighted by Gasteiger charge is 2.11. The van der Waals surface area contributed by atoms with Crippen LogP contribution in [0.4, 0.5) is 0 Å². The summed E-state index contributed by atoms with van der Waals surface area (Å²) in [4.78, 5) is 15.8. The minimum Gasteiger partial charge on any atom is -0.350 e. The molecule has 0 fully saturated rings. The Balaban J connectivity index is 2.62. The second-order valence-electron chi connectivity index (χ2n) is 3.92. The van der Waals surface area contributed by atoms with Crippen molar-refractivity contribution in [1.29, 1.82) is 0 Å². The van der Waals surface area contributed by atoms with Gasteiger partial charge in [-0.25, -0.2) is 4.98 Å². The number of nitrogens with one attached hydrogen (secondary N) is 1. The molecule has 1 aromatic heterocycles. The second-order valence-corrected chi connectivity index (χ2v) is 4.78. The quantitative estimate of drug-likeness (QED) is 0.854. The zero-order chi connectivity index (χ0) is 11.4. The normalized spacial score (nSPS) is 10.4. The van der Waals surface area contributed by atoms with Crippen LogP contribution in [0.25, 0.3) is 5.57 Å². The molecule has 1 aromatic rings. The second kappa shape index (κ2) is 5.07. The lowest BCUT2D eigenvalue weighted by molar-refractivity contribution is 0.0948. The summed E-state index contributed by atoms with van der Waals surface area (Å²) in [5.74, 6) is 0.357. The fourth-order valence-corrected chi connectivity index (χ4v) is 1.75. The van der Waals surface area contributed by atoms with Gasteiger partial charge in [0.05, 0.1) is 5.69 Å². The molecule has 4 heteroatoms. The van der Waals surface area contributed by atoms with E-state index in [-0.39, 0.29) is 5.91 Å². The van der Waals surface area contributed by atoms with Crippen LogP contribution in [0.2, 0.25) is 0 Å². The van der Waals surface area contributed by atoms with E-state index in [1.165, 1.54) is 11.3 Å². The maximum absolute atomic E-state index is 11.6. The first-order valence-corrected chi connectivity index (χ1v) is 5.78. The third-order valence-electron chi connectivity index (χ3n) is 1.81. The number of amides is 1. The van der Waals surface area contributed by atoms with E-state index in [4.69, 9.17) is 0 Å². The Morgan fingerprint density at radius 1 is 1.67 bits per heavy atom. The van der Waals surface area contributed by atoms with E-state index < -0.39 is 0 Å². The number of rotatable bonds is 4. The molecule has 0 spiro atoms. The van der Waals surface area contributed by atoms with Gasteiger partial charge in [0.1, 0.15) is 0 Å². The van der Waals surface area contributed by atoms with Crippen molar-refractivity contribution >= 4 is 22.8 Å². The number of allylic oxidation sites excluding steroid dienone is 1. The summed E-state index contributed by atoms with van der Waals surface area (Å²) in [6, 6.07) is 0. The number of thiazole rings is 1. The third kappa shape index (κ3) is 3.47. The molecule has 3 nitrogen and oxygen atoms in total. The van der Waals surface area contributed by atoms with Gasteiger partial charge in [-0.1, -0.05) is 20.4 Å². The van der Waals surface area contributed by atoms with E-state index in [9.17, 15) is 4.79 Å². The molecule has 0 saturated heterocycles. The molecule has 1 rings (SSSR count). The van der Waals surface area contributed by atoms with Gasteiger partial charge in [-0.2, -0.15) is 0 Å². The molecule has 0 atom stereocenters. The Morgan fingerprint density at radius 2 is 2.33 bits per heavy atom. The fourth-order valence-electron chi connectivity index (χ4n) is 0.946. The summed E-state index contributed by atoms with van der Waals surface area (Å²) < 4.78 is 0. The van der Waals surface area contributed by atoms with Gasteiger partial charge in [-0.05, 0) is 18.4 Å². The van der Waals surface area contributed by atoms with E-state index >= 15 is 0 Å². The SMILES string of the molecule is C=C(C)c1csc(C(=O)NCC(C)C)n1. The van der Waals surface area contributed by atoms with Gasteiger partial charge in [0.2, 0.25) is 0 Å². The minimum absolute atomic E-state index is 0.0961. The topological polar surface area (TPSA) is 42.0 Å². The standard InChI is InChI=1S/C11H16N2OS/c1-7(2)5-12-10(14)11-13-9(6-15-11)8(3)4/h6-7H,3,5H2,1-2,4H3,(H,12,14). The van der Waals surface area contributed by atoms with Crippen LogP contribution in [0.5, 0.6) is 0 Å². The molecule has 1 N–H and O–H groups in total. The van der Waals surface area contributed by atoms with E-state index in [2.05, 4.69) is 30.7 Å². The summed E-state index contributed by atoms with van der Waals surface area (Å²) in [5.41, 5.74) is 1.68. The number of carbonyl (C=O) groups excluding carboxylic acids is 1. The number of nitrogens with zero attached hydrogens (tertiary/aromatic N) is 1. The molecule has 0 saturated carbocycles. The maximum atomic E-state index is 11.6. The number of aromatic nitrogens is 1. The van der Waals surface area contributed by atoms with Crippen LogP contribution in [0.3, 0.4) is 0 Å². The monoisotopic (exact) mass is 224 g/mol. The van der Waals surface area contributed by atoms with Gasteiger partial charge >= 0.3 is 0 Å². The maximum Gasteiger partial charge on any atom is 0.280 e. The molecular weight excluding hydrogens is 208 g/mol. The molecule has 0 radical (unpaired) electrons. The average molecular weight is 224 g/mol. The highest BCUT2D eigenvalue weighted by atomic mass is 32.1. The van der Waals surface area contributed by atoms with Gasteiger partial charge in [0, 0.05) is 11.9 Å². The van der Waals surface area contributed by atoms with E-state index in [0.717, 1.165) is 11.3 Å².